The molecular weight excluding hydrogens is 233 g/mol. The summed E-state index contributed by atoms with van der Waals surface area (Å²) in [6.45, 7) is 0.351. The van der Waals surface area contributed by atoms with Crippen LogP contribution >= 0.6 is 11.6 Å². The van der Waals surface area contributed by atoms with Gasteiger partial charge in [0.15, 0.2) is 0 Å². The molecule has 0 aromatic heterocycles. The van der Waals surface area contributed by atoms with Crippen molar-refractivity contribution in [2.45, 2.75) is 12.8 Å². The summed E-state index contributed by atoms with van der Waals surface area (Å²) in [6.07, 6.45) is 1.37. The molecule has 0 saturated heterocycles. The first kappa shape index (κ1) is 11.2. The lowest BCUT2D eigenvalue weighted by molar-refractivity contribution is -0.142. The lowest BCUT2D eigenvalue weighted by Crippen LogP contribution is -2.24. The number of aliphatic carboxylic acids is 1. The molecule has 1 aromatic carbocycles. The van der Waals surface area contributed by atoms with Crippen LogP contribution in [0.2, 0.25) is 5.02 Å². The fraction of sp³-hybridized carbons (Fsp3) is 0.364. The molecule has 1 aliphatic carbocycles. The van der Waals surface area contributed by atoms with Gasteiger partial charge < -0.3 is 10.4 Å². The molecule has 0 bridgehead atoms. The van der Waals surface area contributed by atoms with E-state index in [0.29, 0.717) is 25.1 Å². The van der Waals surface area contributed by atoms with Crippen LogP contribution in [-0.2, 0) is 4.79 Å². The second-order valence-electron chi connectivity index (χ2n) is 4.07. The Balaban J connectivity index is 2.00. The van der Waals surface area contributed by atoms with Gasteiger partial charge in [-0.1, -0.05) is 11.6 Å². The first-order valence-corrected chi connectivity index (χ1v) is 5.34. The van der Waals surface area contributed by atoms with Crippen molar-refractivity contribution < 1.29 is 14.3 Å². The van der Waals surface area contributed by atoms with Crippen LogP contribution < -0.4 is 5.32 Å². The number of carboxylic acids is 1. The molecule has 0 radical (unpaired) electrons. The van der Waals surface area contributed by atoms with Gasteiger partial charge in [-0.05, 0) is 31.0 Å². The highest BCUT2D eigenvalue weighted by Gasteiger charge is 2.49. The minimum absolute atomic E-state index is 0.0326. The van der Waals surface area contributed by atoms with Gasteiger partial charge in [-0.15, -0.1) is 0 Å². The second-order valence-corrected chi connectivity index (χ2v) is 4.48. The maximum atomic E-state index is 12.9. The van der Waals surface area contributed by atoms with E-state index in [9.17, 15) is 9.18 Å². The fourth-order valence-electron chi connectivity index (χ4n) is 1.49. The molecule has 1 aromatic rings. The van der Waals surface area contributed by atoms with E-state index in [1.54, 1.807) is 6.07 Å². The molecule has 5 heteroatoms. The summed E-state index contributed by atoms with van der Waals surface area (Å²) in [7, 11) is 0. The Labute approximate surface area is 97.2 Å². The summed E-state index contributed by atoms with van der Waals surface area (Å²) < 4.78 is 12.9. The van der Waals surface area contributed by atoms with Crippen LogP contribution in [0, 0.1) is 11.2 Å². The van der Waals surface area contributed by atoms with Crippen molar-refractivity contribution >= 4 is 23.3 Å². The normalized spacial score (nSPS) is 16.9. The van der Waals surface area contributed by atoms with Crippen molar-refractivity contribution in [3.63, 3.8) is 0 Å². The molecule has 0 aliphatic heterocycles. The van der Waals surface area contributed by atoms with Gasteiger partial charge in [0.25, 0.3) is 0 Å². The van der Waals surface area contributed by atoms with Gasteiger partial charge in [-0.2, -0.15) is 0 Å². The highest BCUT2D eigenvalue weighted by molar-refractivity contribution is 6.31. The van der Waals surface area contributed by atoms with Crippen LogP contribution in [0.4, 0.5) is 10.1 Å². The number of halogens is 2. The number of hydrogen-bond acceptors (Lipinski definition) is 2. The van der Waals surface area contributed by atoms with E-state index in [-0.39, 0.29) is 5.02 Å². The SMILES string of the molecule is O=C(O)C1(CNc2ccc(F)c(Cl)c2)CC1. The third-order valence-electron chi connectivity index (χ3n) is 2.86. The standard InChI is InChI=1S/C11H11ClFNO2/c12-8-5-7(1-2-9(8)13)14-6-11(3-4-11)10(15)16/h1-2,5,14H,3-4,6H2,(H,15,16). The van der Waals surface area contributed by atoms with Crippen molar-refractivity contribution in [2.75, 3.05) is 11.9 Å². The Morgan fingerprint density at radius 3 is 2.75 bits per heavy atom. The van der Waals surface area contributed by atoms with Crippen molar-refractivity contribution in [2.24, 2.45) is 5.41 Å². The molecular formula is C11H11ClFNO2. The number of hydrogen-bond donors (Lipinski definition) is 2. The third kappa shape index (κ3) is 2.11. The lowest BCUT2D eigenvalue weighted by atomic mass is 10.1. The van der Waals surface area contributed by atoms with Gasteiger partial charge in [-0.3, -0.25) is 4.79 Å². The highest BCUT2D eigenvalue weighted by Crippen LogP contribution is 2.45. The van der Waals surface area contributed by atoms with E-state index in [2.05, 4.69) is 5.32 Å². The van der Waals surface area contributed by atoms with Crippen molar-refractivity contribution in [1.82, 2.24) is 0 Å². The number of rotatable bonds is 4. The summed E-state index contributed by atoms with van der Waals surface area (Å²) in [4.78, 5) is 10.9. The molecule has 1 aliphatic rings. The summed E-state index contributed by atoms with van der Waals surface area (Å²) >= 11 is 5.61. The molecule has 1 fully saturated rings. The van der Waals surface area contributed by atoms with E-state index in [0.717, 1.165) is 0 Å². The molecule has 16 heavy (non-hydrogen) atoms. The molecule has 1 saturated carbocycles. The summed E-state index contributed by atoms with van der Waals surface area (Å²) in [5.74, 6) is -1.26. The molecule has 0 heterocycles. The van der Waals surface area contributed by atoms with Crippen LogP contribution in [-0.4, -0.2) is 17.6 Å². The Kier molecular flexibility index (Phi) is 2.76. The topological polar surface area (TPSA) is 49.3 Å². The first-order chi connectivity index (χ1) is 7.53. The lowest BCUT2D eigenvalue weighted by Gasteiger charge is -2.12. The average molecular weight is 244 g/mol. The molecule has 0 unspecified atom stereocenters. The van der Waals surface area contributed by atoms with E-state index in [1.165, 1.54) is 12.1 Å². The van der Waals surface area contributed by atoms with E-state index in [4.69, 9.17) is 16.7 Å². The number of nitrogens with one attached hydrogen (secondary N) is 1. The Bertz CT molecular complexity index is 432. The second kappa shape index (κ2) is 3.94. The third-order valence-corrected chi connectivity index (χ3v) is 3.15. The first-order valence-electron chi connectivity index (χ1n) is 4.96. The van der Waals surface area contributed by atoms with Gasteiger partial charge in [-0.25, -0.2) is 4.39 Å². The van der Waals surface area contributed by atoms with Gasteiger partial charge in [0.05, 0.1) is 10.4 Å². The summed E-state index contributed by atoms with van der Waals surface area (Å²) in [5.41, 5.74) is -0.000140. The molecule has 3 nitrogen and oxygen atoms in total. The number of anilines is 1. The van der Waals surface area contributed by atoms with Crippen LogP contribution in [0.15, 0.2) is 18.2 Å². The maximum Gasteiger partial charge on any atom is 0.311 e. The quantitative estimate of drug-likeness (QED) is 0.855. The van der Waals surface area contributed by atoms with Gasteiger partial charge in [0.2, 0.25) is 0 Å². The number of benzene rings is 1. The molecule has 2 rings (SSSR count). The van der Waals surface area contributed by atoms with Crippen LogP contribution in [0.5, 0.6) is 0 Å². The van der Waals surface area contributed by atoms with E-state index >= 15 is 0 Å². The monoisotopic (exact) mass is 243 g/mol. The molecule has 2 N–H and O–H groups in total. The molecule has 0 amide bonds. The van der Waals surface area contributed by atoms with Crippen molar-refractivity contribution in [3.8, 4) is 0 Å². The van der Waals surface area contributed by atoms with Crippen LogP contribution in [0.1, 0.15) is 12.8 Å². The molecule has 86 valence electrons. The van der Waals surface area contributed by atoms with Crippen molar-refractivity contribution in [3.05, 3.63) is 29.0 Å². The Morgan fingerprint density at radius 1 is 1.56 bits per heavy atom. The van der Waals surface area contributed by atoms with Gasteiger partial charge in [0.1, 0.15) is 5.82 Å². The molecule has 0 spiro atoms. The number of carbonyl (C=O) groups is 1. The predicted octanol–water partition coefficient (Wildman–Crippen LogP) is 2.76. The zero-order valence-corrected chi connectivity index (χ0v) is 9.22. The summed E-state index contributed by atoms with van der Waals surface area (Å²) in [5, 5.41) is 12.0. The Hall–Kier alpha value is -1.29. The molecule has 0 atom stereocenters. The minimum atomic E-state index is -0.784. The van der Waals surface area contributed by atoms with Crippen LogP contribution in [0.25, 0.3) is 0 Å². The van der Waals surface area contributed by atoms with E-state index in [1.807, 2.05) is 0 Å². The minimum Gasteiger partial charge on any atom is -0.481 e. The Morgan fingerprint density at radius 2 is 2.25 bits per heavy atom. The predicted molar refractivity (Wildman–Crippen MR) is 59.2 cm³/mol. The van der Waals surface area contributed by atoms with Crippen molar-refractivity contribution in [1.29, 1.82) is 0 Å². The zero-order chi connectivity index (χ0) is 11.8. The van der Waals surface area contributed by atoms with E-state index < -0.39 is 17.2 Å². The van der Waals surface area contributed by atoms with Crippen LogP contribution in [0.3, 0.4) is 0 Å². The maximum absolute atomic E-state index is 12.9. The smallest absolute Gasteiger partial charge is 0.311 e. The largest absolute Gasteiger partial charge is 0.481 e. The summed E-state index contributed by atoms with van der Waals surface area (Å²) in [6, 6.07) is 4.25. The highest BCUT2D eigenvalue weighted by atomic mass is 35.5. The van der Waals surface area contributed by atoms with Gasteiger partial charge >= 0.3 is 5.97 Å². The zero-order valence-electron chi connectivity index (χ0n) is 8.46. The van der Waals surface area contributed by atoms with Gasteiger partial charge in [0, 0.05) is 12.2 Å². The number of carboxylic acid groups (broad SMARTS) is 1. The average Bonchev–Trinajstić information content (AvgIpc) is 3.01. The fourth-order valence-corrected chi connectivity index (χ4v) is 1.68.